The van der Waals surface area contributed by atoms with E-state index < -0.39 is 5.97 Å². The Hall–Kier alpha value is 0.0674. The van der Waals surface area contributed by atoms with Crippen LogP contribution in [0.4, 0.5) is 0 Å². The molecule has 55 valence electrons. The molecule has 0 fully saturated rings. The molecular weight excluding hydrogens is 123 g/mol. The van der Waals surface area contributed by atoms with Gasteiger partial charge in [-0.3, -0.25) is 4.79 Å². The Morgan fingerprint density at radius 1 is 1.30 bits per heavy atom. The van der Waals surface area contributed by atoms with Gasteiger partial charge in [-0.25, -0.2) is 0 Å². The van der Waals surface area contributed by atoms with E-state index in [-0.39, 0.29) is 18.9 Å². The van der Waals surface area contributed by atoms with Gasteiger partial charge < -0.3 is 5.11 Å². The first kappa shape index (κ1) is 12.7. The van der Waals surface area contributed by atoms with Gasteiger partial charge in [-0.1, -0.05) is 26.2 Å². The SMILES string of the molecule is CCCCCCC(=O)O.[Li]. The largest absolute Gasteiger partial charge is 0.481 e. The molecule has 10 heavy (non-hydrogen) atoms. The molecule has 0 spiro atoms. The molecule has 0 amide bonds. The summed E-state index contributed by atoms with van der Waals surface area (Å²) in [6.07, 6.45) is 4.55. The second kappa shape index (κ2) is 9.07. The molecule has 0 heterocycles. The van der Waals surface area contributed by atoms with Crippen molar-refractivity contribution in [1.82, 2.24) is 0 Å². The van der Waals surface area contributed by atoms with E-state index in [1.165, 1.54) is 6.42 Å². The van der Waals surface area contributed by atoms with Gasteiger partial charge in [0.1, 0.15) is 0 Å². The minimum atomic E-state index is -0.675. The minimum absolute atomic E-state index is 0. The second-order valence-electron chi connectivity index (χ2n) is 2.20. The first-order chi connectivity index (χ1) is 4.27. The van der Waals surface area contributed by atoms with Crippen molar-refractivity contribution >= 4 is 24.8 Å². The number of carboxylic acid groups (broad SMARTS) is 1. The van der Waals surface area contributed by atoms with Crippen molar-refractivity contribution in [3.8, 4) is 0 Å². The number of rotatable bonds is 5. The summed E-state index contributed by atoms with van der Waals surface area (Å²) in [6, 6.07) is 0. The van der Waals surface area contributed by atoms with E-state index in [1.807, 2.05) is 0 Å². The monoisotopic (exact) mass is 137 g/mol. The number of carbonyl (C=O) groups is 1. The Morgan fingerprint density at radius 3 is 2.30 bits per heavy atom. The third-order valence-electron chi connectivity index (χ3n) is 1.24. The zero-order valence-corrected chi connectivity index (χ0v) is 6.89. The molecule has 0 rings (SSSR count). The van der Waals surface area contributed by atoms with Crippen LogP contribution in [0.1, 0.15) is 39.0 Å². The smallest absolute Gasteiger partial charge is 0.303 e. The molecule has 0 unspecified atom stereocenters. The number of aliphatic carboxylic acids is 1. The molecule has 0 saturated heterocycles. The summed E-state index contributed by atoms with van der Waals surface area (Å²) in [5.41, 5.74) is 0. The summed E-state index contributed by atoms with van der Waals surface area (Å²) in [7, 11) is 0. The first-order valence-electron chi connectivity index (χ1n) is 3.49. The van der Waals surface area contributed by atoms with Crippen LogP contribution in [-0.2, 0) is 4.79 Å². The Bertz CT molecular complexity index is 83.7. The fourth-order valence-electron chi connectivity index (χ4n) is 0.703. The summed E-state index contributed by atoms with van der Waals surface area (Å²) in [5, 5.41) is 8.21. The van der Waals surface area contributed by atoms with Crippen molar-refractivity contribution in [2.75, 3.05) is 0 Å². The predicted molar refractivity (Wildman–Crippen MR) is 42.1 cm³/mol. The molecule has 0 aromatic carbocycles. The molecule has 2 nitrogen and oxygen atoms in total. The first-order valence-corrected chi connectivity index (χ1v) is 3.49. The van der Waals surface area contributed by atoms with Gasteiger partial charge in [0, 0.05) is 25.3 Å². The second-order valence-corrected chi connectivity index (χ2v) is 2.20. The molecule has 0 aliphatic heterocycles. The summed E-state index contributed by atoms with van der Waals surface area (Å²) in [4.78, 5) is 9.96. The normalized spacial score (nSPS) is 8.50. The molecular formula is C7H14LiO2. The minimum Gasteiger partial charge on any atom is -0.481 e. The third kappa shape index (κ3) is 10.9. The van der Waals surface area contributed by atoms with Crippen LogP contribution < -0.4 is 0 Å². The van der Waals surface area contributed by atoms with Gasteiger partial charge in [-0.15, -0.1) is 0 Å². The van der Waals surface area contributed by atoms with Crippen molar-refractivity contribution in [2.45, 2.75) is 39.0 Å². The Morgan fingerprint density at radius 2 is 1.90 bits per heavy atom. The molecule has 1 radical (unpaired) electrons. The molecule has 0 aromatic heterocycles. The van der Waals surface area contributed by atoms with Crippen LogP contribution >= 0.6 is 0 Å². The van der Waals surface area contributed by atoms with Crippen molar-refractivity contribution in [2.24, 2.45) is 0 Å². The van der Waals surface area contributed by atoms with E-state index in [9.17, 15) is 4.79 Å². The molecule has 0 bridgehead atoms. The predicted octanol–water partition coefficient (Wildman–Crippen LogP) is 1.66. The zero-order valence-electron chi connectivity index (χ0n) is 6.89. The van der Waals surface area contributed by atoms with E-state index in [2.05, 4.69) is 6.92 Å². The fourth-order valence-corrected chi connectivity index (χ4v) is 0.703. The molecule has 0 aliphatic carbocycles. The number of unbranched alkanes of at least 4 members (excludes halogenated alkanes) is 3. The third-order valence-corrected chi connectivity index (χ3v) is 1.24. The van der Waals surface area contributed by atoms with E-state index in [0.717, 1.165) is 19.3 Å². The van der Waals surface area contributed by atoms with E-state index in [0.29, 0.717) is 6.42 Å². The van der Waals surface area contributed by atoms with Gasteiger partial charge in [0.25, 0.3) is 0 Å². The zero-order chi connectivity index (χ0) is 7.11. The summed E-state index contributed by atoms with van der Waals surface area (Å²) in [5.74, 6) is -0.675. The van der Waals surface area contributed by atoms with Crippen LogP contribution in [0.15, 0.2) is 0 Å². The van der Waals surface area contributed by atoms with Crippen LogP contribution in [0, 0.1) is 0 Å². The molecule has 0 saturated carbocycles. The van der Waals surface area contributed by atoms with Crippen molar-refractivity contribution in [3.63, 3.8) is 0 Å². The average Bonchev–Trinajstić information content (AvgIpc) is 1.80. The van der Waals surface area contributed by atoms with Crippen molar-refractivity contribution < 1.29 is 9.90 Å². The van der Waals surface area contributed by atoms with Crippen LogP contribution in [0.2, 0.25) is 0 Å². The molecule has 0 aromatic rings. The van der Waals surface area contributed by atoms with Crippen molar-refractivity contribution in [3.05, 3.63) is 0 Å². The van der Waals surface area contributed by atoms with Gasteiger partial charge in [0.05, 0.1) is 0 Å². The van der Waals surface area contributed by atoms with E-state index in [1.54, 1.807) is 0 Å². The van der Waals surface area contributed by atoms with Crippen molar-refractivity contribution in [1.29, 1.82) is 0 Å². The number of hydrogen-bond acceptors (Lipinski definition) is 1. The summed E-state index contributed by atoms with van der Waals surface area (Å²) < 4.78 is 0. The van der Waals surface area contributed by atoms with Gasteiger partial charge in [-0.2, -0.15) is 0 Å². The molecule has 1 N–H and O–H groups in total. The Kier molecular flexibility index (Phi) is 11.5. The maximum absolute atomic E-state index is 9.96. The van der Waals surface area contributed by atoms with E-state index >= 15 is 0 Å². The summed E-state index contributed by atoms with van der Waals surface area (Å²) >= 11 is 0. The van der Waals surface area contributed by atoms with E-state index in [4.69, 9.17) is 5.11 Å². The van der Waals surface area contributed by atoms with Crippen LogP contribution in [-0.4, -0.2) is 29.9 Å². The van der Waals surface area contributed by atoms with Gasteiger partial charge in [0.15, 0.2) is 0 Å². The number of carboxylic acids is 1. The van der Waals surface area contributed by atoms with Crippen LogP contribution in [0.5, 0.6) is 0 Å². The maximum Gasteiger partial charge on any atom is 0.303 e. The Labute approximate surface area is 74.2 Å². The Balaban J connectivity index is 0. The maximum atomic E-state index is 9.96. The molecule has 3 heteroatoms. The van der Waals surface area contributed by atoms with Gasteiger partial charge >= 0.3 is 5.97 Å². The molecule has 0 atom stereocenters. The summed E-state index contributed by atoms with van der Waals surface area (Å²) in [6.45, 7) is 2.11. The van der Waals surface area contributed by atoms with Crippen LogP contribution in [0.25, 0.3) is 0 Å². The standard InChI is InChI=1S/C7H14O2.Li/c1-2-3-4-5-6-7(8)9;/h2-6H2,1H3,(H,8,9);. The topological polar surface area (TPSA) is 37.3 Å². The number of hydrogen-bond donors (Lipinski definition) is 1. The van der Waals surface area contributed by atoms with Gasteiger partial charge in [0.2, 0.25) is 0 Å². The quantitative estimate of drug-likeness (QED) is 0.462. The molecule has 0 aliphatic rings. The van der Waals surface area contributed by atoms with Gasteiger partial charge in [-0.05, 0) is 6.42 Å². The van der Waals surface area contributed by atoms with Crippen LogP contribution in [0.3, 0.4) is 0 Å². The average molecular weight is 137 g/mol. The fraction of sp³-hybridized carbons (Fsp3) is 0.857.